The van der Waals surface area contributed by atoms with Gasteiger partial charge in [0.25, 0.3) is 0 Å². The maximum absolute atomic E-state index is 11.0. The average Bonchev–Trinajstić information content (AvgIpc) is 2.23. The van der Waals surface area contributed by atoms with Crippen LogP contribution in [-0.4, -0.2) is 36.7 Å². The van der Waals surface area contributed by atoms with Gasteiger partial charge < -0.3 is 9.47 Å². The van der Waals surface area contributed by atoms with Crippen molar-refractivity contribution >= 4 is 23.7 Å². The molecule has 0 radical (unpaired) electrons. The standard InChI is InChI=1S/C10H18O4S/c1-3-5-13-9(11)7-15-8-10(12)14-6-4-2/h3-8H2,1-2H3. The zero-order valence-corrected chi connectivity index (χ0v) is 10.1. The van der Waals surface area contributed by atoms with Crippen molar-refractivity contribution in [3.8, 4) is 0 Å². The minimum absolute atomic E-state index is 0.210. The van der Waals surface area contributed by atoms with Gasteiger partial charge in [-0.05, 0) is 12.8 Å². The minimum atomic E-state index is -0.273. The molecule has 0 saturated carbocycles. The Labute approximate surface area is 94.7 Å². The fourth-order valence-corrected chi connectivity index (χ4v) is 1.33. The van der Waals surface area contributed by atoms with Gasteiger partial charge in [-0.15, -0.1) is 11.8 Å². The van der Waals surface area contributed by atoms with Crippen molar-refractivity contribution in [3.63, 3.8) is 0 Å². The van der Waals surface area contributed by atoms with Gasteiger partial charge in [0.15, 0.2) is 0 Å². The van der Waals surface area contributed by atoms with Crippen LogP contribution in [0.25, 0.3) is 0 Å². The van der Waals surface area contributed by atoms with E-state index in [0.29, 0.717) is 13.2 Å². The lowest BCUT2D eigenvalue weighted by atomic mass is 10.5. The number of carbonyl (C=O) groups excluding carboxylic acids is 2. The second-order valence-electron chi connectivity index (χ2n) is 2.93. The summed E-state index contributed by atoms with van der Waals surface area (Å²) >= 11 is 1.22. The molecule has 0 aliphatic rings. The summed E-state index contributed by atoms with van der Waals surface area (Å²) in [5.41, 5.74) is 0. The van der Waals surface area contributed by atoms with Gasteiger partial charge in [0.1, 0.15) is 0 Å². The van der Waals surface area contributed by atoms with E-state index in [0.717, 1.165) is 12.8 Å². The highest BCUT2D eigenvalue weighted by Crippen LogP contribution is 2.02. The second kappa shape index (κ2) is 9.83. The van der Waals surface area contributed by atoms with Crippen LogP contribution < -0.4 is 0 Å². The largest absolute Gasteiger partial charge is 0.465 e. The molecule has 0 rings (SSSR count). The van der Waals surface area contributed by atoms with Crippen molar-refractivity contribution in [1.29, 1.82) is 0 Å². The molecule has 4 nitrogen and oxygen atoms in total. The number of esters is 2. The van der Waals surface area contributed by atoms with E-state index < -0.39 is 0 Å². The maximum atomic E-state index is 11.0. The predicted molar refractivity (Wildman–Crippen MR) is 59.8 cm³/mol. The van der Waals surface area contributed by atoms with Gasteiger partial charge in [-0.3, -0.25) is 9.59 Å². The molecule has 0 aromatic heterocycles. The molecule has 0 atom stereocenters. The monoisotopic (exact) mass is 234 g/mol. The van der Waals surface area contributed by atoms with Crippen LogP contribution in [0.5, 0.6) is 0 Å². The first-order chi connectivity index (χ1) is 7.20. The second-order valence-corrected chi connectivity index (χ2v) is 3.92. The highest BCUT2D eigenvalue weighted by molar-refractivity contribution is 8.00. The molecule has 0 amide bonds. The number of hydrogen-bond acceptors (Lipinski definition) is 5. The van der Waals surface area contributed by atoms with E-state index in [1.54, 1.807) is 0 Å². The minimum Gasteiger partial charge on any atom is -0.465 e. The van der Waals surface area contributed by atoms with E-state index in [2.05, 4.69) is 0 Å². The summed E-state index contributed by atoms with van der Waals surface area (Å²) in [4.78, 5) is 22.0. The van der Waals surface area contributed by atoms with Crippen molar-refractivity contribution < 1.29 is 19.1 Å². The van der Waals surface area contributed by atoms with Gasteiger partial charge in [0.05, 0.1) is 24.7 Å². The Morgan fingerprint density at radius 2 is 1.33 bits per heavy atom. The highest BCUT2D eigenvalue weighted by Gasteiger charge is 2.06. The zero-order valence-electron chi connectivity index (χ0n) is 9.28. The van der Waals surface area contributed by atoms with E-state index in [-0.39, 0.29) is 23.4 Å². The van der Waals surface area contributed by atoms with Crippen molar-refractivity contribution in [2.75, 3.05) is 24.7 Å². The summed E-state index contributed by atoms with van der Waals surface area (Å²) in [6, 6.07) is 0. The van der Waals surface area contributed by atoms with E-state index in [9.17, 15) is 9.59 Å². The van der Waals surface area contributed by atoms with Crippen LogP contribution in [0.3, 0.4) is 0 Å². The molecule has 15 heavy (non-hydrogen) atoms. The van der Waals surface area contributed by atoms with Crippen molar-refractivity contribution in [2.45, 2.75) is 26.7 Å². The van der Waals surface area contributed by atoms with Crippen LogP contribution >= 0.6 is 11.8 Å². The predicted octanol–water partition coefficient (Wildman–Crippen LogP) is 1.63. The van der Waals surface area contributed by atoms with Gasteiger partial charge in [0, 0.05) is 0 Å². The van der Waals surface area contributed by atoms with Crippen LogP contribution in [0.1, 0.15) is 26.7 Å². The maximum Gasteiger partial charge on any atom is 0.315 e. The Hall–Kier alpha value is -0.710. The Morgan fingerprint density at radius 3 is 1.67 bits per heavy atom. The summed E-state index contributed by atoms with van der Waals surface area (Å²) in [5, 5.41) is 0. The topological polar surface area (TPSA) is 52.6 Å². The number of hydrogen-bond donors (Lipinski definition) is 0. The van der Waals surface area contributed by atoms with Gasteiger partial charge in [0.2, 0.25) is 0 Å². The number of rotatable bonds is 8. The Bertz CT molecular complexity index is 174. The third kappa shape index (κ3) is 9.59. The molecule has 0 aromatic carbocycles. The van der Waals surface area contributed by atoms with Crippen molar-refractivity contribution in [2.24, 2.45) is 0 Å². The quantitative estimate of drug-likeness (QED) is 0.597. The van der Waals surface area contributed by atoms with Crippen LogP contribution in [0.2, 0.25) is 0 Å². The fourth-order valence-electron chi connectivity index (χ4n) is 0.733. The van der Waals surface area contributed by atoms with E-state index in [1.165, 1.54) is 11.8 Å². The molecule has 0 heterocycles. The first kappa shape index (κ1) is 14.3. The third-order valence-electron chi connectivity index (χ3n) is 1.37. The van der Waals surface area contributed by atoms with Gasteiger partial charge in [-0.1, -0.05) is 13.8 Å². The first-order valence-corrected chi connectivity index (χ1v) is 6.25. The van der Waals surface area contributed by atoms with Crippen molar-refractivity contribution in [3.05, 3.63) is 0 Å². The first-order valence-electron chi connectivity index (χ1n) is 5.09. The molecule has 0 saturated heterocycles. The van der Waals surface area contributed by atoms with E-state index >= 15 is 0 Å². The fraction of sp³-hybridized carbons (Fsp3) is 0.800. The average molecular weight is 234 g/mol. The van der Waals surface area contributed by atoms with Crippen LogP contribution in [0, 0.1) is 0 Å². The van der Waals surface area contributed by atoms with Crippen LogP contribution in [0.15, 0.2) is 0 Å². The normalized spacial score (nSPS) is 9.73. The zero-order chi connectivity index (χ0) is 11.5. The molecule has 0 aromatic rings. The molecule has 0 unspecified atom stereocenters. The number of ether oxygens (including phenoxy) is 2. The molecule has 0 spiro atoms. The van der Waals surface area contributed by atoms with Gasteiger partial charge in [-0.25, -0.2) is 0 Å². The van der Waals surface area contributed by atoms with Gasteiger partial charge in [-0.2, -0.15) is 0 Å². The molecule has 88 valence electrons. The molecule has 0 bridgehead atoms. The lowest BCUT2D eigenvalue weighted by Crippen LogP contribution is -2.12. The third-order valence-corrected chi connectivity index (χ3v) is 2.25. The summed E-state index contributed by atoms with van der Waals surface area (Å²) < 4.78 is 9.68. The smallest absolute Gasteiger partial charge is 0.315 e. The molecule has 0 aliphatic carbocycles. The Kier molecular flexibility index (Phi) is 9.36. The highest BCUT2D eigenvalue weighted by atomic mass is 32.2. The number of carbonyl (C=O) groups is 2. The number of thioether (sulfide) groups is 1. The Balaban J connectivity index is 3.36. The SMILES string of the molecule is CCCOC(=O)CSCC(=O)OCCC. The van der Waals surface area contributed by atoms with Crippen LogP contribution in [-0.2, 0) is 19.1 Å². The lowest BCUT2D eigenvalue weighted by Gasteiger charge is -2.03. The van der Waals surface area contributed by atoms with Crippen molar-refractivity contribution in [1.82, 2.24) is 0 Å². The summed E-state index contributed by atoms with van der Waals surface area (Å²) in [5.74, 6) is -0.127. The summed E-state index contributed by atoms with van der Waals surface area (Å²) in [6.45, 7) is 4.75. The summed E-state index contributed by atoms with van der Waals surface area (Å²) in [7, 11) is 0. The van der Waals surface area contributed by atoms with E-state index in [1.807, 2.05) is 13.8 Å². The molecule has 0 fully saturated rings. The lowest BCUT2D eigenvalue weighted by molar-refractivity contribution is -0.140. The molecule has 5 heteroatoms. The van der Waals surface area contributed by atoms with E-state index in [4.69, 9.17) is 9.47 Å². The Morgan fingerprint density at radius 1 is 0.933 bits per heavy atom. The molecule has 0 N–H and O–H groups in total. The van der Waals surface area contributed by atoms with Gasteiger partial charge >= 0.3 is 11.9 Å². The molecular weight excluding hydrogens is 216 g/mol. The summed E-state index contributed by atoms with van der Waals surface area (Å²) in [6.07, 6.45) is 1.63. The molecular formula is C10H18O4S. The van der Waals surface area contributed by atoms with Crippen LogP contribution in [0.4, 0.5) is 0 Å². The molecule has 0 aliphatic heterocycles.